The largest absolute Gasteiger partial charge is 0.490 e. The zero-order valence-corrected chi connectivity index (χ0v) is 21.7. The number of nitrogens with one attached hydrogen (secondary N) is 1. The summed E-state index contributed by atoms with van der Waals surface area (Å²) in [6, 6.07) is 13.9. The Morgan fingerprint density at radius 1 is 1.23 bits per heavy atom. The molecule has 1 N–H and O–H groups in total. The smallest absolute Gasteiger partial charge is 0.262 e. The molecule has 2 fully saturated rings. The second kappa shape index (κ2) is 11.8. The summed E-state index contributed by atoms with van der Waals surface area (Å²) in [6.07, 6.45) is 11.8. The number of nitrogens with zero attached hydrogens (tertiary/aromatic N) is 1. The number of benzene rings is 2. The van der Waals surface area contributed by atoms with Crippen molar-refractivity contribution in [3.8, 4) is 23.8 Å². The molecule has 5 nitrogen and oxygen atoms in total. The summed E-state index contributed by atoms with van der Waals surface area (Å²) in [5, 5.41) is 3.96. The van der Waals surface area contributed by atoms with E-state index in [0.717, 1.165) is 30.5 Å². The molecule has 0 bridgehead atoms. The number of para-hydroxylation sites is 1. The molecule has 1 aliphatic heterocycles. The monoisotopic (exact) mass is 510 g/mol. The fraction of sp³-hybridized carbons (Fsp3) is 0.393. The van der Waals surface area contributed by atoms with E-state index in [2.05, 4.69) is 18.2 Å². The molecule has 184 valence electrons. The van der Waals surface area contributed by atoms with Crippen LogP contribution >= 0.6 is 23.4 Å². The molecule has 2 aliphatic rings. The number of hydrogen-bond donors (Lipinski definition) is 1. The van der Waals surface area contributed by atoms with Crippen molar-refractivity contribution >= 4 is 41.0 Å². The van der Waals surface area contributed by atoms with Crippen LogP contribution in [-0.2, 0) is 4.79 Å². The third-order valence-electron chi connectivity index (χ3n) is 6.35. The molecule has 1 amide bonds. The maximum atomic E-state index is 13.7. The van der Waals surface area contributed by atoms with Crippen molar-refractivity contribution in [2.24, 2.45) is 5.92 Å². The predicted molar refractivity (Wildman–Crippen MR) is 145 cm³/mol. The van der Waals surface area contributed by atoms with Crippen molar-refractivity contribution in [1.29, 1.82) is 0 Å². The first kappa shape index (κ1) is 25.3. The van der Waals surface area contributed by atoms with E-state index >= 15 is 0 Å². The van der Waals surface area contributed by atoms with Crippen molar-refractivity contribution in [2.75, 3.05) is 18.5 Å². The van der Waals surface area contributed by atoms with Crippen LogP contribution in [-0.4, -0.2) is 35.6 Å². The Morgan fingerprint density at radius 2 is 2.00 bits per heavy atom. The maximum Gasteiger partial charge on any atom is 0.262 e. The molecule has 1 heterocycles. The van der Waals surface area contributed by atoms with Crippen LogP contribution < -0.4 is 14.8 Å². The van der Waals surface area contributed by atoms with E-state index in [9.17, 15) is 4.79 Å². The zero-order chi connectivity index (χ0) is 24.8. The standard InChI is InChI=1S/C28H31ClN2O3S/c1-4-15-34-26-22(29)16-20(17-24(26)33-5-2)18-25-27(32)31(23-14-10-9-11-19(23)3)28(35-25)30-21-12-7-6-8-13-21/h1,6-8,12-13,16-19,23,28,30H,5,9-11,14-15H2,2-3H3/b25-18-/t19-,23+,28?/m1/s1. The number of terminal acetylenes is 1. The Hall–Kier alpha value is -2.75. The summed E-state index contributed by atoms with van der Waals surface area (Å²) in [7, 11) is 0. The van der Waals surface area contributed by atoms with Gasteiger partial charge in [0.2, 0.25) is 0 Å². The van der Waals surface area contributed by atoms with Crippen LogP contribution in [0.4, 0.5) is 5.69 Å². The number of hydrogen-bond acceptors (Lipinski definition) is 5. The number of ether oxygens (including phenoxy) is 2. The molecule has 2 aromatic carbocycles. The zero-order valence-electron chi connectivity index (χ0n) is 20.1. The average Bonchev–Trinajstić information content (AvgIpc) is 3.14. The number of carbonyl (C=O) groups is 1. The van der Waals surface area contributed by atoms with Crippen molar-refractivity contribution < 1.29 is 14.3 Å². The highest BCUT2D eigenvalue weighted by Gasteiger charge is 2.42. The second-order valence-corrected chi connectivity index (χ2v) is 10.3. The summed E-state index contributed by atoms with van der Waals surface area (Å²) in [5.74, 6) is 3.88. The first-order valence-electron chi connectivity index (χ1n) is 12.1. The van der Waals surface area contributed by atoms with Crippen LogP contribution in [0.3, 0.4) is 0 Å². The summed E-state index contributed by atoms with van der Waals surface area (Å²) in [6.45, 7) is 4.69. The van der Waals surface area contributed by atoms with Crippen molar-refractivity contribution in [3.05, 3.63) is 58.0 Å². The summed E-state index contributed by atoms with van der Waals surface area (Å²) < 4.78 is 11.4. The van der Waals surface area contributed by atoms with Gasteiger partial charge in [-0.25, -0.2) is 0 Å². The Balaban J connectivity index is 1.66. The van der Waals surface area contributed by atoms with Gasteiger partial charge < -0.3 is 19.7 Å². The Labute approximate surface area is 217 Å². The molecule has 3 atom stereocenters. The van der Waals surface area contributed by atoms with E-state index in [0.29, 0.717) is 34.0 Å². The Bertz CT molecular complexity index is 1120. The number of halogens is 1. The van der Waals surface area contributed by atoms with E-state index in [1.807, 2.05) is 54.3 Å². The van der Waals surface area contributed by atoms with Crippen molar-refractivity contribution in [2.45, 2.75) is 51.1 Å². The van der Waals surface area contributed by atoms with E-state index in [4.69, 9.17) is 27.5 Å². The summed E-state index contributed by atoms with van der Waals surface area (Å²) >= 11 is 8.06. The molecule has 0 radical (unpaired) electrons. The summed E-state index contributed by atoms with van der Waals surface area (Å²) in [4.78, 5) is 16.5. The maximum absolute atomic E-state index is 13.7. The highest BCUT2D eigenvalue weighted by molar-refractivity contribution is 8.05. The number of amides is 1. The van der Waals surface area contributed by atoms with Gasteiger partial charge in [0.1, 0.15) is 6.61 Å². The number of carbonyl (C=O) groups excluding carboxylic acids is 1. The number of rotatable bonds is 8. The lowest BCUT2D eigenvalue weighted by Gasteiger charge is -2.39. The van der Waals surface area contributed by atoms with E-state index in [1.54, 1.807) is 17.8 Å². The Morgan fingerprint density at radius 3 is 2.71 bits per heavy atom. The van der Waals surface area contributed by atoms with E-state index in [-0.39, 0.29) is 24.1 Å². The van der Waals surface area contributed by atoms with Gasteiger partial charge in [0.25, 0.3) is 5.91 Å². The normalized spacial score (nSPS) is 23.3. The van der Waals surface area contributed by atoms with Gasteiger partial charge in [0.15, 0.2) is 17.0 Å². The minimum Gasteiger partial charge on any atom is -0.490 e. The first-order chi connectivity index (χ1) is 17.0. The third-order valence-corrected chi connectivity index (χ3v) is 7.75. The highest BCUT2D eigenvalue weighted by Crippen LogP contribution is 2.43. The molecule has 0 aromatic heterocycles. The van der Waals surface area contributed by atoms with Crippen LogP contribution in [0.15, 0.2) is 47.4 Å². The average molecular weight is 511 g/mol. The summed E-state index contributed by atoms with van der Waals surface area (Å²) in [5.41, 5.74) is 1.59. The predicted octanol–water partition coefficient (Wildman–Crippen LogP) is 6.64. The Kier molecular flexibility index (Phi) is 8.54. The molecule has 7 heteroatoms. The number of anilines is 1. The van der Waals surface area contributed by atoms with Gasteiger partial charge in [0, 0.05) is 11.7 Å². The molecule has 4 rings (SSSR count). The van der Waals surface area contributed by atoms with Gasteiger partial charge in [0.05, 0.1) is 16.5 Å². The topological polar surface area (TPSA) is 50.8 Å². The minimum atomic E-state index is -0.179. The minimum absolute atomic E-state index is 0.0453. The lowest BCUT2D eigenvalue weighted by atomic mass is 9.85. The molecule has 1 aliphatic carbocycles. The second-order valence-electron chi connectivity index (χ2n) is 8.79. The lowest BCUT2D eigenvalue weighted by molar-refractivity contribution is -0.129. The van der Waals surface area contributed by atoms with Gasteiger partial charge in [-0.05, 0) is 61.6 Å². The molecule has 2 aromatic rings. The molecular weight excluding hydrogens is 480 g/mol. The molecule has 1 unspecified atom stereocenters. The third kappa shape index (κ3) is 5.91. The molecule has 1 saturated heterocycles. The van der Waals surface area contributed by atoms with Crippen molar-refractivity contribution in [3.63, 3.8) is 0 Å². The van der Waals surface area contributed by atoms with E-state index in [1.165, 1.54) is 6.42 Å². The molecular formula is C28H31ClN2O3S. The first-order valence-corrected chi connectivity index (χ1v) is 13.3. The van der Waals surface area contributed by atoms with Crippen LogP contribution in [0.1, 0.15) is 45.1 Å². The molecule has 0 spiro atoms. The van der Waals surface area contributed by atoms with Gasteiger partial charge >= 0.3 is 0 Å². The van der Waals surface area contributed by atoms with Crippen LogP contribution in [0.25, 0.3) is 6.08 Å². The van der Waals surface area contributed by atoms with Crippen molar-refractivity contribution in [1.82, 2.24) is 4.90 Å². The SMILES string of the molecule is C#CCOc1c(Cl)cc(/C=C2\SC(Nc3ccccc3)N([C@H]3CCCC[C@H]3C)C2=O)cc1OCC. The van der Waals surface area contributed by atoms with Crippen LogP contribution in [0.2, 0.25) is 5.02 Å². The van der Waals surface area contributed by atoms with E-state index < -0.39 is 0 Å². The van der Waals surface area contributed by atoms with Gasteiger partial charge in [-0.1, -0.05) is 67.2 Å². The fourth-order valence-electron chi connectivity index (χ4n) is 4.71. The van der Waals surface area contributed by atoms with Gasteiger partial charge in [-0.2, -0.15) is 0 Å². The highest BCUT2D eigenvalue weighted by atomic mass is 35.5. The number of thioether (sulfide) groups is 1. The molecule has 1 saturated carbocycles. The lowest BCUT2D eigenvalue weighted by Crippen LogP contribution is -2.48. The van der Waals surface area contributed by atoms with Gasteiger partial charge in [-0.3, -0.25) is 4.79 Å². The quantitative estimate of drug-likeness (QED) is 0.318. The fourth-order valence-corrected chi connectivity index (χ4v) is 6.19. The molecule has 35 heavy (non-hydrogen) atoms. The van der Waals surface area contributed by atoms with Gasteiger partial charge in [-0.15, -0.1) is 6.42 Å². The van der Waals surface area contributed by atoms with Crippen LogP contribution in [0, 0.1) is 18.3 Å². The van der Waals surface area contributed by atoms with Crippen LogP contribution in [0.5, 0.6) is 11.5 Å².